The molecule has 7 heteroatoms. The van der Waals surface area contributed by atoms with Gasteiger partial charge in [0, 0.05) is 17.8 Å². The van der Waals surface area contributed by atoms with Crippen LogP contribution in [0.1, 0.15) is 0 Å². The Bertz CT molecular complexity index is 799. The van der Waals surface area contributed by atoms with Crippen LogP contribution in [0.15, 0.2) is 30.5 Å². The van der Waals surface area contributed by atoms with Crippen molar-refractivity contribution < 1.29 is 9.47 Å². The Balaban J connectivity index is 1.90. The number of ether oxygens (including phenoxy) is 2. The number of aromatic nitrogens is 4. The molecule has 0 bridgehead atoms. The summed E-state index contributed by atoms with van der Waals surface area (Å²) in [5.41, 5.74) is 7.15. The van der Waals surface area contributed by atoms with E-state index in [1.165, 1.54) is 0 Å². The first-order valence-electron chi connectivity index (χ1n) is 6.18. The molecule has 0 radical (unpaired) electrons. The number of nitrogen functional groups attached to an aromatic ring is 1. The van der Waals surface area contributed by atoms with E-state index in [9.17, 15) is 0 Å². The van der Waals surface area contributed by atoms with Crippen LogP contribution in [0.2, 0.25) is 0 Å². The number of hydrogen-bond acceptors (Lipinski definition) is 6. The number of benzene rings is 1. The van der Waals surface area contributed by atoms with Gasteiger partial charge in [0.2, 0.25) is 5.95 Å². The van der Waals surface area contributed by atoms with Gasteiger partial charge in [0.1, 0.15) is 13.2 Å². The molecule has 0 spiro atoms. The average molecular weight is 269 g/mol. The summed E-state index contributed by atoms with van der Waals surface area (Å²) in [6.45, 7) is 1.12. The first kappa shape index (κ1) is 11.0. The average Bonchev–Trinajstić information content (AvgIpc) is 2.86. The summed E-state index contributed by atoms with van der Waals surface area (Å²) in [6.07, 6.45) is 1.68. The van der Waals surface area contributed by atoms with Crippen molar-refractivity contribution in [1.29, 1.82) is 0 Å². The van der Waals surface area contributed by atoms with Gasteiger partial charge >= 0.3 is 0 Å². The van der Waals surface area contributed by atoms with E-state index < -0.39 is 0 Å². The molecule has 3 aromatic rings. The predicted molar refractivity (Wildman–Crippen MR) is 71.6 cm³/mol. The molecular formula is C13H11N5O2. The highest BCUT2D eigenvalue weighted by molar-refractivity contribution is 5.63. The molecule has 1 aromatic carbocycles. The molecule has 20 heavy (non-hydrogen) atoms. The molecule has 0 saturated heterocycles. The summed E-state index contributed by atoms with van der Waals surface area (Å²) < 4.78 is 12.7. The lowest BCUT2D eigenvalue weighted by Gasteiger charge is -2.18. The quantitative estimate of drug-likeness (QED) is 0.713. The highest BCUT2D eigenvalue weighted by Crippen LogP contribution is 2.33. The van der Waals surface area contributed by atoms with Gasteiger partial charge in [0.25, 0.3) is 0 Å². The van der Waals surface area contributed by atoms with Crippen LogP contribution in [0.4, 0.5) is 5.95 Å². The summed E-state index contributed by atoms with van der Waals surface area (Å²) in [6, 6.07) is 7.41. The van der Waals surface area contributed by atoms with Gasteiger partial charge in [-0.1, -0.05) is 0 Å². The highest BCUT2D eigenvalue weighted by atomic mass is 16.6. The summed E-state index contributed by atoms with van der Waals surface area (Å²) in [5, 5.41) is 4.15. The second-order valence-electron chi connectivity index (χ2n) is 4.37. The van der Waals surface area contributed by atoms with E-state index in [-0.39, 0.29) is 5.95 Å². The van der Waals surface area contributed by atoms with Crippen LogP contribution in [0.25, 0.3) is 17.0 Å². The lowest BCUT2D eigenvalue weighted by Crippen LogP contribution is -2.15. The lowest BCUT2D eigenvalue weighted by molar-refractivity contribution is 0.171. The fourth-order valence-electron chi connectivity index (χ4n) is 2.21. The molecule has 0 amide bonds. The molecule has 0 unspecified atom stereocenters. The van der Waals surface area contributed by atoms with E-state index in [0.29, 0.717) is 30.4 Å². The zero-order chi connectivity index (χ0) is 13.5. The molecule has 2 N–H and O–H groups in total. The van der Waals surface area contributed by atoms with Crippen LogP contribution in [0, 0.1) is 0 Å². The smallest absolute Gasteiger partial charge is 0.240 e. The summed E-state index contributed by atoms with van der Waals surface area (Å²) in [5.74, 6) is 2.33. The van der Waals surface area contributed by atoms with E-state index in [0.717, 1.165) is 11.3 Å². The van der Waals surface area contributed by atoms with Crippen molar-refractivity contribution in [2.45, 2.75) is 0 Å². The Morgan fingerprint density at radius 3 is 2.85 bits per heavy atom. The van der Waals surface area contributed by atoms with Gasteiger partial charge in [0.15, 0.2) is 23.0 Å². The molecule has 0 saturated carbocycles. The summed E-state index contributed by atoms with van der Waals surface area (Å²) >= 11 is 0. The second kappa shape index (κ2) is 4.09. The molecule has 3 heterocycles. The van der Waals surface area contributed by atoms with E-state index >= 15 is 0 Å². The third kappa shape index (κ3) is 1.63. The number of nitrogens with two attached hydrogens (primary N) is 1. The van der Waals surface area contributed by atoms with Crippen LogP contribution in [0.5, 0.6) is 11.5 Å². The Hall–Kier alpha value is -2.83. The van der Waals surface area contributed by atoms with Gasteiger partial charge < -0.3 is 15.2 Å². The minimum Gasteiger partial charge on any atom is -0.486 e. The fraction of sp³-hybridized carbons (Fsp3) is 0.154. The zero-order valence-electron chi connectivity index (χ0n) is 10.5. The highest BCUT2D eigenvalue weighted by Gasteiger charge is 2.15. The number of rotatable bonds is 1. The van der Waals surface area contributed by atoms with Crippen LogP contribution in [0.3, 0.4) is 0 Å². The Kier molecular flexibility index (Phi) is 2.26. The van der Waals surface area contributed by atoms with Crippen molar-refractivity contribution in [3.63, 3.8) is 0 Å². The maximum Gasteiger partial charge on any atom is 0.240 e. The third-order valence-corrected chi connectivity index (χ3v) is 3.07. The molecule has 0 fully saturated rings. The maximum absolute atomic E-state index is 5.63. The van der Waals surface area contributed by atoms with Crippen LogP contribution in [-0.4, -0.2) is 32.8 Å². The number of nitrogens with zero attached hydrogens (tertiary/aromatic N) is 4. The number of anilines is 1. The standard InChI is InChI=1S/C13H11N5O2/c14-13-16-11-3-4-15-12(18(11)17-13)8-1-2-9-10(7-8)20-6-5-19-9/h1-4,7H,5-6H2,(H2,14,17). The van der Waals surface area contributed by atoms with Crippen molar-refractivity contribution in [2.24, 2.45) is 0 Å². The van der Waals surface area contributed by atoms with Crippen molar-refractivity contribution in [2.75, 3.05) is 18.9 Å². The Labute approximate surface area is 114 Å². The number of fused-ring (bicyclic) bond motifs is 2. The molecular weight excluding hydrogens is 258 g/mol. The van der Waals surface area contributed by atoms with Crippen LogP contribution in [-0.2, 0) is 0 Å². The van der Waals surface area contributed by atoms with Gasteiger partial charge in [0.05, 0.1) is 0 Å². The Morgan fingerprint density at radius 2 is 1.95 bits per heavy atom. The maximum atomic E-state index is 5.63. The SMILES string of the molecule is Nc1nc2ccnc(-c3ccc4c(c3)OCCO4)n2n1. The first-order chi connectivity index (χ1) is 9.81. The molecule has 0 atom stereocenters. The van der Waals surface area contributed by atoms with Gasteiger partial charge in [-0.2, -0.15) is 9.50 Å². The van der Waals surface area contributed by atoms with E-state index in [1.807, 2.05) is 18.2 Å². The third-order valence-electron chi connectivity index (χ3n) is 3.07. The molecule has 2 aromatic heterocycles. The lowest BCUT2D eigenvalue weighted by atomic mass is 10.2. The monoisotopic (exact) mass is 269 g/mol. The fourth-order valence-corrected chi connectivity index (χ4v) is 2.21. The summed E-state index contributed by atoms with van der Waals surface area (Å²) in [7, 11) is 0. The minimum absolute atomic E-state index is 0.219. The van der Waals surface area contributed by atoms with Crippen molar-refractivity contribution in [3.05, 3.63) is 30.5 Å². The van der Waals surface area contributed by atoms with Crippen molar-refractivity contribution in [1.82, 2.24) is 19.6 Å². The molecule has 7 nitrogen and oxygen atoms in total. The van der Waals surface area contributed by atoms with Crippen LogP contribution < -0.4 is 15.2 Å². The normalized spacial score (nSPS) is 13.6. The van der Waals surface area contributed by atoms with Crippen molar-refractivity contribution in [3.8, 4) is 22.9 Å². The van der Waals surface area contributed by atoms with E-state index in [2.05, 4.69) is 15.1 Å². The van der Waals surface area contributed by atoms with E-state index in [4.69, 9.17) is 15.2 Å². The molecule has 4 rings (SSSR count). The second-order valence-corrected chi connectivity index (χ2v) is 4.37. The van der Waals surface area contributed by atoms with E-state index in [1.54, 1.807) is 16.8 Å². The largest absolute Gasteiger partial charge is 0.486 e. The van der Waals surface area contributed by atoms with Gasteiger partial charge in [-0.15, -0.1) is 5.10 Å². The molecule has 1 aliphatic heterocycles. The van der Waals surface area contributed by atoms with Crippen LogP contribution >= 0.6 is 0 Å². The number of hydrogen-bond donors (Lipinski definition) is 1. The molecule has 100 valence electrons. The van der Waals surface area contributed by atoms with Gasteiger partial charge in [-0.3, -0.25) is 0 Å². The molecule has 1 aliphatic rings. The van der Waals surface area contributed by atoms with Gasteiger partial charge in [-0.05, 0) is 18.2 Å². The predicted octanol–water partition coefficient (Wildman–Crippen LogP) is 1.14. The minimum atomic E-state index is 0.219. The zero-order valence-corrected chi connectivity index (χ0v) is 10.5. The molecule has 0 aliphatic carbocycles. The van der Waals surface area contributed by atoms with Gasteiger partial charge in [-0.25, -0.2) is 4.98 Å². The Morgan fingerprint density at radius 1 is 1.10 bits per heavy atom. The summed E-state index contributed by atoms with van der Waals surface area (Å²) in [4.78, 5) is 8.47. The first-order valence-corrected chi connectivity index (χ1v) is 6.18. The van der Waals surface area contributed by atoms with Crippen molar-refractivity contribution >= 4 is 11.6 Å². The topological polar surface area (TPSA) is 87.6 Å².